The van der Waals surface area contributed by atoms with E-state index in [2.05, 4.69) is 35.8 Å². The largest absolute Gasteiger partial charge is 0.379 e. The van der Waals surface area contributed by atoms with Gasteiger partial charge < -0.3 is 19.4 Å². The summed E-state index contributed by atoms with van der Waals surface area (Å²) in [5.41, 5.74) is 0. The van der Waals surface area contributed by atoms with Crippen LogP contribution in [0.5, 0.6) is 0 Å². The lowest BCUT2D eigenvalue weighted by Crippen LogP contribution is -2.32. The molecule has 1 heterocycles. The Labute approximate surface area is 107 Å². The molecule has 4 heteroatoms. The first-order chi connectivity index (χ1) is 8.18. The van der Waals surface area contributed by atoms with Crippen LogP contribution in [0.15, 0.2) is 0 Å². The van der Waals surface area contributed by atoms with Gasteiger partial charge in [-0.3, -0.25) is 0 Å². The topological polar surface area (TPSA) is 19.0 Å². The highest BCUT2D eigenvalue weighted by Crippen LogP contribution is 1.96. The van der Waals surface area contributed by atoms with Crippen molar-refractivity contribution in [3.8, 4) is 0 Å². The Bertz CT molecular complexity index is 172. The molecule has 0 spiro atoms. The third-order valence-corrected chi connectivity index (χ3v) is 3.39. The summed E-state index contributed by atoms with van der Waals surface area (Å²) in [6, 6.07) is 0. The molecule has 0 saturated carbocycles. The minimum Gasteiger partial charge on any atom is -0.379 e. The van der Waals surface area contributed by atoms with Crippen molar-refractivity contribution in [2.24, 2.45) is 0 Å². The number of likely N-dealkylation sites (N-methyl/N-ethyl adjacent to an activating group) is 2. The van der Waals surface area contributed by atoms with Crippen molar-refractivity contribution in [2.45, 2.75) is 12.8 Å². The first kappa shape index (κ1) is 14.9. The van der Waals surface area contributed by atoms with E-state index in [0.29, 0.717) is 0 Å². The second-order valence-electron chi connectivity index (χ2n) is 5.23. The number of nitrogens with zero attached hydrogens (tertiary/aromatic N) is 3. The molecule has 0 aliphatic carbocycles. The molecule has 1 aliphatic heterocycles. The van der Waals surface area contributed by atoms with Gasteiger partial charge in [0.15, 0.2) is 0 Å². The molecular weight excluding hydrogens is 214 g/mol. The summed E-state index contributed by atoms with van der Waals surface area (Å²) >= 11 is 0. The van der Waals surface area contributed by atoms with Crippen LogP contribution in [-0.4, -0.2) is 88.3 Å². The SMILES string of the molecule is CN1CCCN(C)CCOCCN(C)CCC1. The van der Waals surface area contributed by atoms with Crippen molar-refractivity contribution in [1.82, 2.24) is 14.7 Å². The van der Waals surface area contributed by atoms with Crippen LogP contribution >= 0.6 is 0 Å². The van der Waals surface area contributed by atoms with Gasteiger partial charge in [-0.05, 0) is 60.2 Å². The maximum absolute atomic E-state index is 5.65. The van der Waals surface area contributed by atoms with E-state index in [1.165, 1.54) is 39.0 Å². The molecule has 17 heavy (non-hydrogen) atoms. The fourth-order valence-electron chi connectivity index (χ4n) is 2.10. The molecule has 0 radical (unpaired) electrons. The molecule has 0 unspecified atom stereocenters. The van der Waals surface area contributed by atoms with Crippen molar-refractivity contribution >= 4 is 0 Å². The van der Waals surface area contributed by atoms with Crippen molar-refractivity contribution < 1.29 is 4.74 Å². The van der Waals surface area contributed by atoms with E-state index < -0.39 is 0 Å². The summed E-state index contributed by atoms with van der Waals surface area (Å²) in [5, 5.41) is 0. The van der Waals surface area contributed by atoms with Crippen molar-refractivity contribution in [2.75, 3.05) is 73.6 Å². The lowest BCUT2D eigenvalue weighted by atomic mass is 10.3. The second-order valence-corrected chi connectivity index (χ2v) is 5.23. The van der Waals surface area contributed by atoms with Crippen molar-refractivity contribution in [1.29, 1.82) is 0 Å². The van der Waals surface area contributed by atoms with Gasteiger partial charge in [-0.25, -0.2) is 0 Å². The molecule has 1 aliphatic rings. The van der Waals surface area contributed by atoms with Gasteiger partial charge >= 0.3 is 0 Å². The Hall–Kier alpha value is -0.160. The average Bonchev–Trinajstić information content (AvgIpc) is 2.27. The summed E-state index contributed by atoms with van der Waals surface area (Å²) < 4.78 is 5.65. The highest BCUT2D eigenvalue weighted by atomic mass is 16.5. The molecule has 0 amide bonds. The Morgan fingerprint density at radius 2 is 0.941 bits per heavy atom. The van der Waals surface area contributed by atoms with Crippen LogP contribution in [0, 0.1) is 0 Å². The summed E-state index contributed by atoms with van der Waals surface area (Å²) in [7, 11) is 6.59. The zero-order chi connectivity index (χ0) is 12.5. The van der Waals surface area contributed by atoms with Crippen molar-refractivity contribution in [3.05, 3.63) is 0 Å². The highest BCUT2D eigenvalue weighted by molar-refractivity contribution is 4.59. The molecule has 4 nitrogen and oxygen atoms in total. The minimum atomic E-state index is 0.861. The molecule has 0 atom stereocenters. The average molecular weight is 243 g/mol. The Balaban J connectivity index is 2.28. The molecule has 0 bridgehead atoms. The highest BCUT2D eigenvalue weighted by Gasteiger charge is 2.04. The van der Waals surface area contributed by atoms with Gasteiger partial charge in [0.2, 0.25) is 0 Å². The van der Waals surface area contributed by atoms with Gasteiger partial charge in [-0.15, -0.1) is 0 Å². The van der Waals surface area contributed by atoms with Crippen LogP contribution in [-0.2, 0) is 4.74 Å². The predicted molar refractivity (Wildman–Crippen MR) is 72.5 cm³/mol. The Kier molecular flexibility index (Phi) is 7.77. The normalized spacial score (nSPS) is 25.6. The maximum Gasteiger partial charge on any atom is 0.0593 e. The fourth-order valence-corrected chi connectivity index (χ4v) is 2.10. The monoisotopic (exact) mass is 243 g/mol. The van der Waals surface area contributed by atoms with Gasteiger partial charge in [0.25, 0.3) is 0 Å². The van der Waals surface area contributed by atoms with Crippen molar-refractivity contribution in [3.63, 3.8) is 0 Å². The van der Waals surface area contributed by atoms with Crippen LogP contribution in [0.2, 0.25) is 0 Å². The standard InChI is InChI=1S/C13H29N3O/c1-14-6-4-8-15(2)10-12-17-13-11-16(3)9-5-7-14/h4-13H2,1-3H3. The number of rotatable bonds is 0. The third-order valence-electron chi connectivity index (χ3n) is 3.39. The van der Waals surface area contributed by atoms with E-state index >= 15 is 0 Å². The molecule has 1 rings (SSSR count). The first-order valence-electron chi connectivity index (χ1n) is 6.82. The number of ether oxygens (including phenoxy) is 1. The van der Waals surface area contributed by atoms with Gasteiger partial charge in [-0.2, -0.15) is 0 Å². The molecule has 0 aromatic rings. The van der Waals surface area contributed by atoms with Crippen LogP contribution in [0.25, 0.3) is 0 Å². The summed E-state index contributed by atoms with van der Waals surface area (Å²) in [5.74, 6) is 0. The maximum atomic E-state index is 5.65. The van der Waals surface area contributed by atoms with Gasteiger partial charge in [-0.1, -0.05) is 0 Å². The van der Waals surface area contributed by atoms with E-state index in [9.17, 15) is 0 Å². The molecule has 0 aromatic heterocycles. The predicted octanol–water partition coefficient (Wildman–Crippen LogP) is 0.592. The zero-order valence-corrected chi connectivity index (χ0v) is 11.8. The zero-order valence-electron chi connectivity index (χ0n) is 11.8. The van der Waals surface area contributed by atoms with Crippen LogP contribution < -0.4 is 0 Å². The second kappa shape index (κ2) is 8.86. The molecule has 102 valence electrons. The molecule has 1 fully saturated rings. The van der Waals surface area contributed by atoms with E-state index in [4.69, 9.17) is 4.74 Å². The van der Waals surface area contributed by atoms with Gasteiger partial charge in [0, 0.05) is 13.1 Å². The smallest absolute Gasteiger partial charge is 0.0593 e. The third kappa shape index (κ3) is 7.71. The summed E-state index contributed by atoms with van der Waals surface area (Å²) in [4.78, 5) is 7.18. The molecule has 0 aromatic carbocycles. The van der Waals surface area contributed by atoms with Gasteiger partial charge in [0.1, 0.15) is 0 Å². The van der Waals surface area contributed by atoms with E-state index in [1.807, 2.05) is 0 Å². The lowest BCUT2D eigenvalue weighted by molar-refractivity contribution is 0.0905. The van der Waals surface area contributed by atoms with E-state index in [0.717, 1.165) is 26.3 Å². The number of hydrogen-bond acceptors (Lipinski definition) is 4. The molecule has 0 N–H and O–H groups in total. The number of hydrogen-bond donors (Lipinski definition) is 0. The molecule has 1 saturated heterocycles. The summed E-state index contributed by atoms with van der Waals surface area (Å²) in [6.07, 6.45) is 2.51. The van der Waals surface area contributed by atoms with Crippen LogP contribution in [0.1, 0.15) is 12.8 Å². The Morgan fingerprint density at radius 1 is 0.588 bits per heavy atom. The van der Waals surface area contributed by atoms with Crippen LogP contribution in [0.4, 0.5) is 0 Å². The first-order valence-corrected chi connectivity index (χ1v) is 6.82. The molecular formula is C13H29N3O. The van der Waals surface area contributed by atoms with E-state index in [1.54, 1.807) is 0 Å². The van der Waals surface area contributed by atoms with E-state index in [-0.39, 0.29) is 0 Å². The van der Waals surface area contributed by atoms with Gasteiger partial charge in [0.05, 0.1) is 13.2 Å². The summed E-state index contributed by atoms with van der Waals surface area (Å²) in [6.45, 7) is 8.58. The quantitative estimate of drug-likeness (QED) is 0.620. The lowest BCUT2D eigenvalue weighted by Gasteiger charge is -2.23. The Morgan fingerprint density at radius 3 is 1.35 bits per heavy atom. The minimum absolute atomic E-state index is 0.861. The van der Waals surface area contributed by atoms with Crippen LogP contribution in [0.3, 0.4) is 0 Å². The fraction of sp³-hybridized carbons (Fsp3) is 1.00.